The fraction of sp³-hybridized carbons (Fsp3) is 0.593. The number of fused-ring (bicyclic) bond motifs is 2. The summed E-state index contributed by atoms with van der Waals surface area (Å²) >= 11 is 0.601. The summed E-state index contributed by atoms with van der Waals surface area (Å²) in [5.41, 5.74) is -3.34. The smallest absolute Gasteiger partial charge is 0.305 e. The van der Waals surface area contributed by atoms with Gasteiger partial charge in [-0.15, -0.1) is 11.8 Å². The van der Waals surface area contributed by atoms with E-state index in [1.807, 2.05) is 0 Å². The van der Waals surface area contributed by atoms with Crippen molar-refractivity contribution < 1.29 is 69.2 Å². The van der Waals surface area contributed by atoms with Crippen LogP contribution in [0.2, 0.25) is 0 Å². The number of amides is 2. The van der Waals surface area contributed by atoms with Crippen LogP contribution < -0.4 is 10.6 Å². The summed E-state index contributed by atoms with van der Waals surface area (Å²) in [7, 11) is 0. The second kappa shape index (κ2) is 12.7. The first-order valence-electron chi connectivity index (χ1n) is 13.6. The van der Waals surface area contributed by atoms with Crippen molar-refractivity contribution in [1.82, 2.24) is 10.6 Å². The van der Waals surface area contributed by atoms with Crippen LogP contribution in [0.15, 0.2) is 18.2 Å². The molecular formula is C27H34N2O14S. The molecular weight excluding hydrogens is 608 g/mol. The summed E-state index contributed by atoms with van der Waals surface area (Å²) < 4.78 is 8.57. The van der Waals surface area contributed by atoms with E-state index in [9.17, 15) is 59.7 Å². The van der Waals surface area contributed by atoms with Gasteiger partial charge < -0.3 is 55.9 Å². The van der Waals surface area contributed by atoms with Crippen molar-refractivity contribution in [1.29, 1.82) is 0 Å². The Balaban J connectivity index is 1.70. The SMILES string of the molecule is CC(=O)NC(CSC12CC(CC(=O)O)OC(C)C1(O)C(=O)c1c(O)cccc1C2=O)C(=O)NC1C(O)OC(CO)C(O)C1O. The Labute approximate surface area is 254 Å². The highest BCUT2D eigenvalue weighted by Crippen LogP contribution is 2.54. The zero-order chi connectivity index (χ0) is 32.7. The Morgan fingerprint density at radius 1 is 1.11 bits per heavy atom. The van der Waals surface area contributed by atoms with Gasteiger partial charge in [0.05, 0.1) is 30.8 Å². The topological polar surface area (TPSA) is 269 Å². The largest absolute Gasteiger partial charge is 0.507 e. The predicted molar refractivity (Wildman–Crippen MR) is 148 cm³/mol. The molecule has 2 heterocycles. The fourth-order valence-electron chi connectivity index (χ4n) is 5.97. The van der Waals surface area contributed by atoms with E-state index in [4.69, 9.17) is 9.47 Å². The lowest BCUT2D eigenvalue weighted by atomic mass is 9.64. The summed E-state index contributed by atoms with van der Waals surface area (Å²) in [5, 5.41) is 76.7. The van der Waals surface area contributed by atoms with Crippen molar-refractivity contribution in [3.05, 3.63) is 29.3 Å². The third-order valence-corrected chi connectivity index (χ3v) is 9.80. The Kier molecular flexibility index (Phi) is 9.72. The van der Waals surface area contributed by atoms with E-state index in [1.165, 1.54) is 19.1 Å². The molecule has 16 nitrogen and oxygen atoms in total. The summed E-state index contributed by atoms with van der Waals surface area (Å²) in [4.78, 5) is 65.0. The zero-order valence-electron chi connectivity index (χ0n) is 23.6. The molecule has 3 aliphatic rings. The molecule has 10 atom stereocenters. The van der Waals surface area contributed by atoms with Crippen LogP contribution in [-0.4, -0.2) is 137 Å². The van der Waals surface area contributed by atoms with Gasteiger partial charge in [0.15, 0.2) is 17.7 Å². The standard InChI is InChI=1S/C27H34N2O14S/c1-10-27(41)23(38)18-13(4-3-5-15(18)32)22(37)26(27,7-12(42-10)6-17(33)34)44-9-14(28-11(2)31)24(39)29-19-21(36)20(35)16(8-30)43-25(19)40/h3-5,10,12,14,16,19-21,25,30,32,35-36,40-41H,6-9H2,1-2H3,(H,28,31)(H,29,39)(H,33,34). The number of thioether (sulfide) groups is 1. The molecule has 242 valence electrons. The van der Waals surface area contributed by atoms with Crippen LogP contribution in [0.3, 0.4) is 0 Å². The molecule has 0 radical (unpaired) electrons. The zero-order valence-corrected chi connectivity index (χ0v) is 24.4. The number of phenolic OH excluding ortho intramolecular Hbond substituents is 1. The highest BCUT2D eigenvalue weighted by Gasteiger charge is 2.70. The number of rotatable bonds is 9. The number of ether oxygens (including phenoxy) is 2. The van der Waals surface area contributed by atoms with E-state index in [0.717, 1.165) is 13.0 Å². The molecule has 17 heteroatoms. The molecule has 0 bridgehead atoms. The van der Waals surface area contributed by atoms with Gasteiger partial charge in [-0.05, 0) is 19.4 Å². The molecule has 9 N–H and O–H groups in total. The minimum absolute atomic E-state index is 0.242. The Bertz CT molecular complexity index is 1340. The van der Waals surface area contributed by atoms with Gasteiger partial charge in [0.1, 0.15) is 40.9 Å². The maximum absolute atomic E-state index is 14.2. The van der Waals surface area contributed by atoms with Gasteiger partial charge in [0.2, 0.25) is 17.6 Å². The number of aliphatic hydroxyl groups excluding tert-OH is 4. The summed E-state index contributed by atoms with van der Waals surface area (Å²) in [5.74, 6) is -6.00. The molecule has 2 aliphatic heterocycles. The number of ketones is 2. The number of nitrogens with one attached hydrogen (secondary N) is 2. The quantitative estimate of drug-likeness (QED) is 0.130. The molecule has 2 saturated heterocycles. The first-order chi connectivity index (χ1) is 20.6. The van der Waals surface area contributed by atoms with E-state index < -0.39 is 125 Å². The number of phenols is 1. The van der Waals surface area contributed by atoms with Gasteiger partial charge in [-0.3, -0.25) is 24.0 Å². The van der Waals surface area contributed by atoms with Gasteiger partial charge in [0.25, 0.3) is 0 Å². The molecule has 10 unspecified atom stereocenters. The molecule has 1 aromatic rings. The Morgan fingerprint density at radius 2 is 1.80 bits per heavy atom. The lowest BCUT2D eigenvalue weighted by Crippen LogP contribution is -2.74. The Morgan fingerprint density at radius 3 is 2.41 bits per heavy atom. The number of hydrogen-bond acceptors (Lipinski definition) is 14. The van der Waals surface area contributed by atoms with Crippen molar-refractivity contribution in [2.45, 2.75) is 85.9 Å². The summed E-state index contributed by atoms with van der Waals surface area (Å²) in [6.07, 6.45) is -10.4. The van der Waals surface area contributed by atoms with Crippen molar-refractivity contribution in [3.8, 4) is 5.75 Å². The van der Waals surface area contributed by atoms with E-state index >= 15 is 0 Å². The van der Waals surface area contributed by atoms with E-state index in [2.05, 4.69) is 10.6 Å². The van der Waals surface area contributed by atoms with Crippen molar-refractivity contribution in [2.24, 2.45) is 0 Å². The van der Waals surface area contributed by atoms with E-state index in [-0.39, 0.29) is 5.56 Å². The van der Waals surface area contributed by atoms with Gasteiger partial charge in [-0.2, -0.15) is 0 Å². The molecule has 0 aromatic heterocycles. The molecule has 4 rings (SSSR count). The van der Waals surface area contributed by atoms with Gasteiger partial charge >= 0.3 is 5.97 Å². The number of benzene rings is 1. The maximum Gasteiger partial charge on any atom is 0.305 e. The number of carbonyl (C=O) groups is 5. The van der Waals surface area contributed by atoms with Gasteiger partial charge in [-0.25, -0.2) is 0 Å². The number of carboxylic acid groups (broad SMARTS) is 1. The third kappa shape index (κ3) is 5.69. The molecule has 2 fully saturated rings. The second-order valence-electron chi connectivity index (χ2n) is 11.0. The number of aliphatic hydroxyl groups is 5. The second-order valence-corrected chi connectivity index (χ2v) is 12.3. The van der Waals surface area contributed by atoms with Crippen molar-refractivity contribution in [3.63, 3.8) is 0 Å². The number of aliphatic carboxylic acids is 1. The monoisotopic (exact) mass is 642 g/mol. The summed E-state index contributed by atoms with van der Waals surface area (Å²) in [6.45, 7) is 1.61. The van der Waals surface area contributed by atoms with Crippen LogP contribution in [0.5, 0.6) is 5.75 Å². The Hall–Kier alpha value is -3.16. The average Bonchev–Trinajstić information content (AvgIpc) is 2.95. The van der Waals surface area contributed by atoms with Gasteiger partial charge in [0, 0.05) is 18.2 Å². The van der Waals surface area contributed by atoms with E-state index in [0.29, 0.717) is 11.8 Å². The molecule has 44 heavy (non-hydrogen) atoms. The van der Waals surface area contributed by atoms with Crippen LogP contribution >= 0.6 is 11.8 Å². The summed E-state index contributed by atoms with van der Waals surface area (Å²) in [6, 6.07) is 0.577. The van der Waals surface area contributed by atoms with Crippen molar-refractivity contribution >= 4 is 41.1 Å². The van der Waals surface area contributed by atoms with Crippen LogP contribution in [-0.2, 0) is 23.9 Å². The molecule has 1 aromatic carbocycles. The molecule has 2 amide bonds. The van der Waals surface area contributed by atoms with Crippen molar-refractivity contribution in [2.75, 3.05) is 12.4 Å². The average molecular weight is 643 g/mol. The lowest BCUT2D eigenvalue weighted by molar-refractivity contribution is -0.253. The number of carbonyl (C=O) groups excluding carboxylic acids is 4. The lowest BCUT2D eigenvalue weighted by Gasteiger charge is -2.55. The van der Waals surface area contributed by atoms with Crippen LogP contribution in [0.25, 0.3) is 0 Å². The van der Waals surface area contributed by atoms with Crippen LogP contribution in [0.1, 0.15) is 47.4 Å². The van der Waals surface area contributed by atoms with Crippen LogP contribution in [0.4, 0.5) is 0 Å². The maximum atomic E-state index is 14.2. The minimum Gasteiger partial charge on any atom is -0.507 e. The fourth-order valence-corrected chi connectivity index (χ4v) is 7.68. The first kappa shape index (κ1) is 33.7. The number of aromatic hydroxyl groups is 1. The molecule has 1 aliphatic carbocycles. The predicted octanol–water partition coefficient (Wildman–Crippen LogP) is -2.95. The molecule has 0 saturated carbocycles. The van der Waals surface area contributed by atoms with E-state index in [1.54, 1.807) is 0 Å². The van der Waals surface area contributed by atoms with Gasteiger partial charge in [-0.1, -0.05) is 12.1 Å². The number of Topliss-reactive ketones (excluding diaryl/α,β-unsaturated/α-hetero) is 2. The number of carboxylic acids is 1. The highest BCUT2D eigenvalue weighted by atomic mass is 32.2. The van der Waals surface area contributed by atoms with Crippen LogP contribution in [0, 0.1) is 0 Å². The normalized spacial score (nSPS) is 35.7. The number of hydrogen-bond donors (Lipinski definition) is 9. The third-order valence-electron chi connectivity index (χ3n) is 8.14. The molecule has 0 spiro atoms. The highest BCUT2D eigenvalue weighted by molar-refractivity contribution is 8.01. The first-order valence-corrected chi connectivity index (χ1v) is 14.6. The minimum atomic E-state index is -2.65.